The Balaban J connectivity index is 1.16. The minimum Gasteiger partial charge on any atom is -0.456 e. The highest BCUT2D eigenvalue weighted by atomic mass is 16.3. The fourth-order valence-corrected chi connectivity index (χ4v) is 11.4. The summed E-state index contributed by atoms with van der Waals surface area (Å²) >= 11 is 0. The minimum atomic E-state index is -0.124. The molecule has 0 spiro atoms. The predicted molar refractivity (Wildman–Crippen MR) is 251 cm³/mol. The predicted octanol–water partition coefficient (Wildman–Crippen LogP) is 13.4. The lowest BCUT2D eigenvalue weighted by molar-refractivity contribution is 0.590. The summed E-state index contributed by atoms with van der Waals surface area (Å²) in [6, 6.07) is 54.4. The Labute approximate surface area is 347 Å². The first-order valence-electron chi connectivity index (χ1n) is 21.2. The Morgan fingerprint density at radius 3 is 1.93 bits per heavy atom. The molecular formula is C55H39BN2O2. The smallest absolute Gasteiger partial charge is 0.333 e. The number of nitrogens with zero attached hydrogens (tertiary/aromatic N) is 2. The van der Waals surface area contributed by atoms with Gasteiger partial charge in [-0.15, -0.1) is 0 Å². The molecule has 284 valence electrons. The molecule has 0 fully saturated rings. The zero-order valence-corrected chi connectivity index (χ0v) is 34.1. The van der Waals surface area contributed by atoms with Gasteiger partial charge in [0, 0.05) is 66.4 Å². The maximum Gasteiger partial charge on any atom is 0.333 e. The molecule has 14 rings (SSSR count). The van der Waals surface area contributed by atoms with Crippen molar-refractivity contribution in [1.82, 2.24) is 4.57 Å². The Kier molecular flexibility index (Phi) is 5.92. The summed E-state index contributed by atoms with van der Waals surface area (Å²) in [5.74, 6) is 0. The van der Waals surface area contributed by atoms with Gasteiger partial charge in [0.1, 0.15) is 22.3 Å². The lowest BCUT2D eigenvalue weighted by Crippen LogP contribution is -2.60. The van der Waals surface area contributed by atoms with Crippen molar-refractivity contribution < 1.29 is 8.83 Å². The van der Waals surface area contributed by atoms with Crippen molar-refractivity contribution in [2.24, 2.45) is 0 Å². The van der Waals surface area contributed by atoms with Gasteiger partial charge < -0.3 is 18.2 Å². The third-order valence-electron chi connectivity index (χ3n) is 14.3. The molecule has 4 nitrogen and oxygen atoms in total. The van der Waals surface area contributed by atoms with E-state index in [1.165, 1.54) is 77.4 Å². The van der Waals surface area contributed by atoms with Crippen LogP contribution in [-0.2, 0) is 10.8 Å². The van der Waals surface area contributed by atoms with Crippen LogP contribution in [0.15, 0.2) is 154 Å². The highest BCUT2D eigenvalue weighted by Crippen LogP contribution is 2.53. The van der Waals surface area contributed by atoms with Crippen LogP contribution >= 0.6 is 0 Å². The first-order chi connectivity index (χ1) is 29.1. The van der Waals surface area contributed by atoms with Gasteiger partial charge in [-0.1, -0.05) is 126 Å². The van der Waals surface area contributed by atoms with E-state index in [1.807, 2.05) is 0 Å². The summed E-state index contributed by atoms with van der Waals surface area (Å²) in [7, 11) is 0. The fraction of sp³-hybridized carbons (Fsp3) is 0.127. The molecule has 0 atom stereocenters. The molecule has 0 N–H and O–H groups in total. The molecular weight excluding hydrogens is 731 g/mol. The largest absolute Gasteiger partial charge is 0.456 e. The monoisotopic (exact) mass is 770 g/mol. The van der Waals surface area contributed by atoms with Gasteiger partial charge in [-0.25, -0.2) is 0 Å². The average molecular weight is 771 g/mol. The van der Waals surface area contributed by atoms with Crippen molar-refractivity contribution in [1.29, 1.82) is 0 Å². The number of furan rings is 2. The van der Waals surface area contributed by atoms with E-state index in [0.717, 1.165) is 55.3 Å². The second-order valence-electron chi connectivity index (χ2n) is 18.9. The molecule has 0 bridgehead atoms. The maximum atomic E-state index is 6.70. The van der Waals surface area contributed by atoms with E-state index in [4.69, 9.17) is 8.83 Å². The van der Waals surface area contributed by atoms with Crippen LogP contribution < -0.4 is 15.7 Å². The zero-order valence-electron chi connectivity index (χ0n) is 34.1. The number of aromatic nitrogens is 1. The van der Waals surface area contributed by atoms with Gasteiger partial charge in [-0.3, -0.25) is 0 Å². The van der Waals surface area contributed by atoms with E-state index in [1.54, 1.807) is 0 Å². The normalized spacial score (nSPS) is 14.8. The van der Waals surface area contributed by atoms with Crippen molar-refractivity contribution >= 4 is 94.8 Å². The molecule has 2 aliphatic heterocycles. The Bertz CT molecular complexity index is 3740. The first-order valence-corrected chi connectivity index (χ1v) is 21.2. The van der Waals surface area contributed by atoms with Crippen molar-refractivity contribution in [3.8, 4) is 27.9 Å². The van der Waals surface area contributed by atoms with E-state index in [2.05, 4.69) is 190 Å². The van der Waals surface area contributed by atoms with Crippen molar-refractivity contribution in [3.63, 3.8) is 0 Å². The molecule has 11 aromatic rings. The van der Waals surface area contributed by atoms with Crippen LogP contribution in [0.5, 0.6) is 0 Å². The minimum absolute atomic E-state index is 0.0284. The third kappa shape index (κ3) is 3.98. The summed E-state index contributed by atoms with van der Waals surface area (Å²) in [6.45, 7) is 11.5. The fourth-order valence-electron chi connectivity index (χ4n) is 11.4. The van der Waals surface area contributed by atoms with Crippen LogP contribution in [0.2, 0.25) is 0 Å². The number of para-hydroxylation sites is 2. The van der Waals surface area contributed by atoms with Gasteiger partial charge in [0.05, 0.1) is 11.0 Å². The number of fused-ring (bicyclic) bond motifs is 17. The number of benzene rings is 8. The zero-order chi connectivity index (χ0) is 40.0. The van der Waals surface area contributed by atoms with Crippen LogP contribution in [0.4, 0.5) is 11.4 Å². The van der Waals surface area contributed by atoms with Crippen LogP contribution in [0.25, 0.3) is 93.6 Å². The Morgan fingerprint density at radius 1 is 0.500 bits per heavy atom. The van der Waals surface area contributed by atoms with Gasteiger partial charge in [0.25, 0.3) is 0 Å². The van der Waals surface area contributed by atoms with E-state index in [-0.39, 0.29) is 17.7 Å². The number of anilines is 2. The summed E-state index contributed by atoms with van der Waals surface area (Å²) in [6.07, 6.45) is 0. The molecule has 0 unspecified atom stereocenters. The van der Waals surface area contributed by atoms with Crippen molar-refractivity contribution in [2.75, 3.05) is 4.81 Å². The molecule has 5 heterocycles. The van der Waals surface area contributed by atoms with Gasteiger partial charge in [-0.05, 0) is 98.3 Å². The van der Waals surface area contributed by atoms with Crippen molar-refractivity contribution in [2.45, 2.75) is 45.4 Å². The van der Waals surface area contributed by atoms with Gasteiger partial charge in [-0.2, -0.15) is 0 Å². The van der Waals surface area contributed by atoms with Crippen LogP contribution in [0, 0.1) is 0 Å². The van der Waals surface area contributed by atoms with E-state index in [9.17, 15) is 0 Å². The van der Waals surface area contributed by atoms with Crippen LogP contribution in [-0.4, -0.2) is 11.4 Å². The molecule has 0 radical (unpaired) electrons. The Hall–Kier alpha value is -6.98. The van der Waals surface area contributed by atoms with Crippen LogP contribution in [0.1, 0.15) is 51.3 Å². The number of hydrogen-bond donors (Lipinski definition) is 0. The third-order valence-corrected chi connectivity index (χ3v) is 14.3. The molecule has 8 aromatic carbocycles. The summed E-state index contributed by atoms with van der Waals surface area (Å²) < 4.78 is 15.9. The van der Waals surface area contributed by atoms with E-state index >= 15 is 0 Å². The molecule has 60 heavy (non-hydrogen) atoms. The van der Waals surface area contributed by atoms with Gasteiger partial charge in [0.15, 0.2) is 0 Å². The van der Waals surface area contributed by atoms with Gasteiger partial charge in [0.2, 0.25) is 0 Å². The molecule has 3 aliphatic rings. The highest BCUT2D eigenvalue weighted by Gasteiger charge is 2.45. The summed E-state index contributed by atoms with van der Waals surface area (Å²) in [5, 5.41) is 7.09. The molecule has 0 saturated carbocycles. The topological polar surface area (TPSA) is 34.5 Å². The quantitative estimate of drug-likeness (QED) is 0.156. The molecule has 0 amide bonds. The maximum absolute atomic E-state index is 6.70. The first kappa shape index (κ1) is 32.9. The molecule has 5 heteroatoms. The molecule has 1 aliphatic carbocycles. The second-order valence-corrected chi connectivity index (χ2v) is 18.9. The molecule has 3 aromatic heterocycles. The summed E-state index contributed by atoms with van der Waals surface area (Å²) in [4.78, 5) is 2.62. The van der Waals surface area contributed by atoms with E-state index in [0.29, 0.717) is 0 Å². The number of hydrogen-bond acceptors (Lipinski definition) is 3. The highest BCUT2D eigenvalue weighted by molar-refractivity contribution is 6.94. The Morgan fingerprint density at radius 2 is 1.18 bits per heavy atom. The summed E-state index contributed by atoms with van der Waals surface area (Å²) in [5.41, 5.74) is 21.3. The van der Waals surface area contributed by atoms with Crippen molar-refractivity contribution in [3.05, 3.63) is 162 Å². The standard InChI is InChI=1S/C55H39BN2O2/c1-54(2,3)30-18-20-31(21-19-30)58-46-27-41-34-14-8-11-17-49(34)59-50(41)28-39(46)35-22-23-36-38-24-43-37(32-12-6-9-15-42(32)55(43,4)5)26-45(38)57-47-29-51-40(33-13-7-10-16-48(33)60-51)25-44(47)56(58)52(35)53(36)57/h6-29H,1-5H3. The molecule has 0 saturated heterocycles. The van der Waals surface area contributed by atoms with Gasteiger partial charge >= 0.3 is 6.85 Å². The lowest BCUT2D eigenvalue weighted by Gasteiger charge is -2.42. The van der Waals surface area contributed by atoms with E-state index < -0.39 is 0 Å². The second kappa shape index (κ2) is 10.8. The number of rotatable bonds is 1. The average Bonchev–Trinajstić information content (AvgIpc) is 3.97. The van der Waals surface area contributed by atoms with Crippen LogP contribution in [0.3, 0.4) is 0 Å². The lowest BCUT2D eigenvalue weighted by atomic mass is 9.44. The SMILES string of the molecule is CC(C)(C)c1ccc(N2B3c4cc5c(cc4-n4c6cc7c(cc6c6ccc(c3c64)-c3cc4oc6ccccc6c4cc32)C(C)(C)c2ccccc2-7)oc2ccccc25)cc1.